The summed E-state index contributed by atoms with van der Waals surface area (Å²) in [5, 5.41) is 9.38. The fraction of sp³-hybridized carbons (Fsp3) is 0.929. The Labute approximate surface area is 120 Å². The van der Waals surface area contributed by atoms with Crippen molar-refractivity contribution in [3.63, 3.8) is 0 Å². The van der Waals surface area contributed by atoms with E-state index in [0.29, 0.717) is 12.1 Å². The van der Waals surface area contributed by atoms with Gasteiger partial charge >= 0.3 is 6.03 Å². The molecule has 1 aliphatic heterocycles. The Balaban J connectivity index is 0. The van der Waals surface area contributed by atoms with Crippen LogP contribution in [0.3, 0.4) is 0 Å². The van der Waals surface area contributed by atoms with Crippen molar-refractivity contribution in [3.8, 4) is 0 Å². The van der Waals surface area contributed by atoms with E-state index in [2.05, 4.69) is 20.9 Å². The highest BCUT2D eigenvalue weighted by Gasteiger charge is 2.21. The Bertz CT molecular complexity index is 283. The highest BCUT2D eigenvalue weighted by atomic mass is 16.2. The topological polar surface area (TPSA) is 56.4 Å². The van der Waals surface area contributed by atoms with Crippen molar-refractivity contribution < 1.29 is 9.07 Å². The number of hydrogen-bond acceptors (Lipinski definition) is 3. The van der Waals surface area contributed by atoms with Gasteiger partial charge in [0, 0.05) is 29.5 Å². The molecule has 0 spiro atoms. The number of hydrogen-bond donors (Lipinski definition) is 3. The predicted molar refractivity (Wildman–Crippen MR) is 83.7 cm³/mol. The third-order valence-corrected chi connectivity index (χ3v) is 4.38. The summed E-state index contributed by atoms with van der Waals surface area (Å²) in [5.41, 5.74) is 0. The van der Waals surface area contributed by atoms with Crippen LogP contribution in [-0.2, 0) is 0 Å². The standard InChI is InChI=1S/C14H28N4O.3H2/c1-15-12-4-6-13(7-5-12)17-14(19)16-8-11-18-9-2-3-10-18;;;/h12-13,15H,2-11H2,1H3,(H2,16,17,19);3*1H. The minimum atomic E-state index is 0. The lowest BCUT2D eigenvalue weighted by Crippen LogP contribution is -2.46. The van der Waals surface area contributed by atoms with Gasteiger partial charge in [-0.1, -0.05) is 0 Å². The number of carbonyl (C=O) groups excluding carboxylic acids is 1. The van der Waals surface area contributed by atoms with Crippen LogP contribution in [0.25, 0.3) is 0 Å². The molecule has 1 saturated carbocycles. The molecule has 0 unspecified atom stereocenters. The minimum absolute atomic E-state index is 0. The number of likely N-dealkylation sites (tertiary alicyclic amines) is 1. The largest absolute Gasteiger partial charge is 0.337 e. The summed E-state index contributed by atoms with van der Waals surface area (Å²) in [6.07, 6.45) is 7.11. The Kier molecular flexibility index (Phi) is 5.92. The van der Waals surface area contributed by atoms with Crippen LogP contribution in [0, 0.1) is 0 Å². The molecule has 0 bridgehead atoms. The van der Waals surface area contributed by atoms with E-state index in [0.717, 1.165) is 38.8 Å². The lowest BCUT2D eigenvalue weighted by atomic mass is 9.91. The first-order chi connectivity index (χ1) is 9.28. The zero-order valence-corrected chi connectivity index (χ0v) is 12.1. The molecule has 5 heteroatoms. The molecule has 1 aliphatic carbocycles. The second-order valence-corrected chi connectivity index (χ2v) is 5.79. The van der Waals surface area contributed by atoms with Crippen molar-refractivity contribution in [2.45, 2.75) is 50.6 Å². The summed E-state index contributed by atoms with van der Waals surface area (Å²) in [4.78, 5) is 14.2. The van der Waals surface area contributed by atoms with Crippen LogP contribution in [0.1, 0.15) is 42.8 Å². The number of carbonyl (C=O) groups is 1. The molecule has 3 N–H and O–H groups in total. The van der Waals surface area contributed by atoms with Gasteiger partial charge in [-0.2, -0.15) is 0 Å². The molecule has 2 amide bonds. The molecule has 2 aliphatic rings. The molecule has 1 heterocycles. The normalized spacial score (nSPS) is 28.3. The Morgan fingerprint density at radius 2 is 1.79 bits per heavy atom. The average Bonchev–Trinajstić information content (AvgIpc) is 2.93. The van der Waals surface area contributed by atoms with E-state index in [1.807, 2.05) is 7.05 Å². The van der Waals surface area contributed by atoms with Gasteiger partial charge in [0.25, 0.3) is 0 Å². The van der Waals surface area contributed by atoms with Gasteiger partial charge in [-0.3, -0.25) is 0 Å². The van der Waals surface area contributed by atoms with Crippen molar-refractivity contribution in [3.05, 3.63) is 0 Å². The van der Waals surface area contributed by atoms with Crippen LogP contribution in [0.2, 0.25) is 0 Å². The van der Waals surface area contributed by atoms with E-state index in [1.54, 1.807) is 0 Å². The fourth-order valence-corrected chi connectivity index (χ4v) is 3.10. The Morgan fingerprint density at radius 1 is 1.16 bits per heavy atom. The quantitative estimate of drug-likeness (QED) is 0.714. The molecule has 0 atom stereocenters. The zero-order chi connectivity index (χ0) is 13.5. The molecule has 2 fully saturated rings. The molecule has 5 nitrogen and oxygen atoms in total. The van der Waals surface area contributed by atoms with Crippen LogP contribution in [0.4, 0.5) is 4.79 Å². The van der Waals surface area contributed by atoms with Crippen LogP contribution in [-0.4, -0.2) is 56.2 Å². The summed E-state index contributed by atoms with van der Waals surface area (Å²) < 4.78 is 0. The maximum absolute atomic E-state index is 11.8. The van der Waals surface area contributed by atoms with Crippen molar-refractivity contribution >= 4 is 6.03 Å². The third kappa shape index (κ3) is 4.99. The molecular weight excluding hydrogens is 240 g/mol. The SMILES string of the molecule is CNC1CCC(NC(=O)NCCN2CCCC2)CC1.[HH].[HH].[HH]. The lowest BCUT2D eigenvalue weighted by molar-refractivity contribution is 0.227. The predicted octanol–water partition coefficient (Wildman–Crippen LogP) is 1.65. The third-order valence-electron chi connectivity index (χ3n) is 4.38. The Hall–Kier alpha value is -0.810. The van der Waals surface area contributed by atoms with Gasteiger partial charge in [-0.05, 0) is 58.7 Å². The summed E-state index contributed by atoms with van der Waals surface area (Å²) in [5.74, 6) is 0. The number of nitrogens with one attached hydrogen (secondary N) is 3. The zero-order valence-electron chi connectivity index (χ0n) is 12.1. The van der Waals surface area contributed by atoms with E-state index in [-0.39, 0.29) is 10.3 Å². The van der Waals surface area contributed by atoms with E-state index >= 15 is 0 Å². The van der Waals surface area contributed by atoms with Gasteiger partial charge in [0.1, 0.15) is 0 Å². The van der Waals surface area contributed by atoms with Crippen LogP contribution in [0.5, 0.6) is 0 Å². The molecule has 0 aromatic rings. The highest BCUT2D eigenvalue weighted by molar-refractivity contribution is 5.74. The summed E-state index contributed by atoms with van der Waals surface area (Å²) >= 11 is 0. The van der Waals surface area contributed by atoms with Crippen LogP contribution >= 0.6 is 0 Å². The summed E-state index contributed by atoms with van der Waals surface area (Å²) in [6, 6.07) is 1.000. The van der Waals surface area contributed by atoms with Crippen molar-refractivity contribution in [1.82, 2.24) is 20.9 Å². The maximum atomic E-state index is 11.8. The monoisotopic (exact) mass is 274 g/mol. The van der Waals surface area contributed by atoms with Gasteiger partial charge in [0.2, 0.25) is 0 Å². The Morgan fingerprint density at radius 3 is 2.42 bits per heavy atom. The smallest absolute Gasteiger partial charge is 0.315 e. The van der Waals surface area contributed by atoms with Crippen LogP contribution < -0.4 is 16.0 Å². The van der Waals surface area contributed by atoms with Gasteiger partial charge in [0.05, 0.1) is 0 Å². The van der Waals surface area contributed by atoms with Gasteiger partial charge in [-0.15, -0.1) is 0 Å². The second-order valence-electron chi connectivity index (χ2n) is 5.79. The number of amides is 2. The maximum Gasteiger partial charge on any atom is 0.315 e. The minimum Gasteiger partial charge on any atom is -0.337 e. The van der Waals surface area contributed by atoms with E-state index in [9.17, 15) is 4.79 Å². The first-order valence-corrected chi connectivity index (χ1v) is 7.72. The highest BCUT2D eigenvalue weighted by Crippen LogP contribution is 2.18. The van der Waals surface area contributed by atoms with Gasteiger partial charge < -0.3 is 20.9 Å². The molecule has 0 aromatic carbocycles. The van der Waals surface area contributed by atoms with Crippen molar-refractivity contribution in [2.75, 3.05) is 33.2 Å². The fourth-order valence-electron chi connectivity index (χ4n) is 3.10. The van der Waals surface area contributed by atoms with Gasteiger partial charge in [0.15, 0.2) is 0 Å². The molecule has 1 saturated heterocycles. The number of nitrogens with zero attached hydrogens (tertiary/aromatic N) is 1. The first kappa shape index (κ1) is 14.6. The van der Waals surface area contributed by atoms with Crippen LogP contribution in [0.15, 0.2) is 0 Å². The number of rotatable bonds is 5. The molecular formula is C14H34N4O. The van der Waals surface area contributed by atoms with E-state index in [4.69, 9.17) is 0 Å². The second kappa shape index (κ2) is 7.70. The summed E-state index contributed by atoms with van der Waals surface area (Å²) in [6.45, 7) is 4.13. The number of urea groups is 1. The average molecular weight is 274 g/mol. The molecule has 0 radical (unpaired) electrons. The van der Waals surface area contributed by atoms with Crippen molar-refractivity contribution in [2.24, 2.45) is 0 Å². The molecule has 2 rings (SSSR count). The van der Waals surface area contributed by atoms with E-state index < -0.39 is 0 Å². The van der Waals surface area contributed by atoms with Crippen molar-refractivity contribution in [1.29, 1.82) is 0 Å². The molecule has 0 aromatic heterocycles. The molecule has 116 valence electrons. The lowest BCUT2D eigenvalue weighted by Gasteiger charge is -2.28. The first-order valence-electron chi connectivity index (χ1n) is 7.72. The van der Waals surface area contributed by atoms with E-state index in [1.165, 1.54) is 25.9 Å². The molecule has 19 heavy (non-hydrogen) atoms. The summed E-state index contributed by atoms with van der Waals surface area (Å²) in [7, 11) is 2.02. The van der Waals surface area contributed by atoms with Gasteiger partial charge in [-0.25, -0.2) is 4.79 Å².